The Labute approximate surface area is 197 Å². The van der Waals surface area contributed by atoms with E-state index in [1.165, 1.54) is 0 Å². The summed E-state index contributed by atoms with van der Waals surface area (Å²) in [5.74, 6) is -3.67. The van der Waals surface area contributed by atoms with Crippen LogP contribution in [0.5, 0.6) is 0 Å². The Morgan fingerprint density at radius 2 is 1.41 bits per heavy atom. The summed E-state index contributed by atoms with van der Waals surface area (Å²) in [5, 5.41) is 11.9. The number of carboxylic acid groups (broad SMARTS) is 1. The Kier molecular flexibility index (Phi) is 5.86. The molecule has 0 heterocycles. The highest BCUT2D eigenvalue weighted by molar-refractivity contribution is 5.95. The largest absolute Gasteiger partial charge is 0.481 e. The highest BCUT2D eigenvalue weighted by Crippen LogP contribution is 2.44. The van der Waals surface area contributed by atoms with Gasteiger partial charge in [-0.3, -0.25) is 9.59 Å². The second-order valence-corrected chi connectivity index (χ2v) is 8.68. The molecule has 1 aliphatic carbocycles. The predicted octanol–water partition coefficient (Wildman–Crippen LogP) is 4.77. The number of ether oxygens (including phenoxy) is 1. The van der Waals surface area contributed by atoms with E-state index in [2.05, 4.69) is 12.1 Å². The number of hydrogen-bond donors (Lipinski definition) is 2. The second-order valence-electron chi connectivity index (χ2n) is 8.68. The van der Waals surface area contributed by atoms with E-state index in [-0.39, 0.29) is 18.9 Å². The van der Waals surface area contributed by atoms with Gasteiger partial charge in [-0.05, 0) is 45.0 Å². The fourth-order valence-electron chi connectivity index (χ4n) is 5.00. The van der Waals surface area contributed by atoms with Gasteiger partial charge in [0.2, 0.25) is 0 Å². The Balaban J connectivity index is 1.34. The van der Waals surface area contributed by atoms with Gasteiger partial charge < -0.3 is 15.6 Å². The van der Waals surface area contributed by atoms with Crippen LogP contribution >= 0.6 is 0 Å². The minimum Gasteiger partial charge on any atom is -0.481 e. The molecule has 0 aliphatic heterocycles. The lowest BCUT2D eigenvalue weighted by Gasteiger charge is -2.21. The van der Waals surface area contributed by atoms with E-state index in [4.69, 9.17) is 10.5 Å². The monoisotopic (exact) mass is 451 g/mol. The molecule has 5 nitrogen and oxygen atoms in total. The van der Waals surface area contributed by atoms with Crippen molar-refractivity contribution in [2.45, 2.75) is 18.4 Å². The molecule has 1 unspecified atom stereocenters. The van der Waals surface area contributed by atoms with Crippen molar-refractivity contribution in [2.24, 2.45) is 11.7 Å². The van der Waals surface area contributed by atoms with Crippen LogP contribution < -0.4 is 5.73 Å². The normalized spacial score (nSPS) is 14.3. The molecule has 0 bridgehead atoms. The molecular formula is C29H25NO4. The fourth-order valence-corrected chi connectivity index (χ4v) is 5.00. The molecule has 0 amide bonds. The lowest BCUT2D eigenvalue weighted by Crippen LogP contribution is -2.43. The smallest absolute Gasteiger partial charge is 0.321 e. The quantitative estimate of drug-likeness (QED) is 0.312. The van der Waals surface area contributed by atoms with E-state index in [9.17, 15) is 14.7 Å². The van der Waals surface area contributed by atoms with Gasteiger partial charge >= 0.3 is 11.9 Å². The number of hydrogen-bond acceptors (Lipinski definition) is 4. The first-order valence-corrected chi connectivity index (χ1v) is 11.3. The summed E-state index contributed by atoms with van der Waals surface area (Å²) in [4.78, 5) is 25.0. The van der Waals surface area contributed by atoms with Gasteiger partial charge in [-0.25, -0.2) is 0 Å². The van der Waals surface area contributed by atoms with E-state index in [0.717, 1.165) is 38.6 Å². The van der Waals surface area contributed by atoms with Crippen molar-refractivity contribution in [3.05, 3.63) is 108 Å². The number of rotatable bonds is 7. The van der Waals surface area contributed by atoms with Crippen LogP contribution in [-0.4, -0.2) is 29.7 Å². The zero-order valence-electron chi connectivity index (χ0n) is 18.6. The molecule has 5 rings (SSSR count). The Morgan fingerprint density at radius 1 is 0.824 bits per heavy atom. The van der Waals surface area contributed by atoms with E-state index in [1.807, 2.05) is 78.9 Å². The molecule has 5 heteroatoms. The lowest BCUT2D eigenvalue weighted by molar-refractivity contribution is -0.159. The number of aliphatic carboxylic acids is 1. The SMILES string of the molecule is NC(Cc1cccc2ccccc12)[C@H](C(=O)O)C(=O)OCC1c2ccccc2-c2ccccc21. The van der Waals surface area contributed by atoms with Crippen molar-refractivity contribution >= 4 is 22.7 Å². The summed E-state index contributed by atoms with van der Waals surface area (Å²) in [5.41, 5.74) is 11.6. The van der Waals surface area contributed by atoms with Crippen LogP contribution in [0.1, 0.15) is 22.6 Å². The summed E-state index contributed by atoms with van der Waals surface area (Å²) in [7, 11) is 0. The minimum absolute atomic E-state index is 0.0671. The number of benzene rings is 4. The number of carbonyl (C=O) groups excluding carboxylic acids is 1. The van der Waals surface area contributed by atoms with Crippen LogP contribution in [0.4, 0.5) is 0 Å². The van der Waals surface area contributed by atoms with Gasteiger partial charge in [0.1, 0.15) is 6.61 Å². The summed E-state index contributed by atoms with van der Waals surface area (Å²) in [6, 6.07) is 28.8. The zero-order valence-corrected chi connectivity index (χ0v) is 18.6. The van der Waals surface area contributed by atoms with Crippen LogP contribution in [0.15, 0.2) is 91.0 Å². The van der Waals surface area contributed by atoms with Crippen molar-refractivity contribution in [2.75, 3.05) is 6.61 Å². The maximum Gasteiger partial charge on any atom is 0.321 e. The third-order valence-electron chi connectivity index (χ3n) is 6.64. The molecule has 170 valence electrons. The predicted molar refractivity (Wildman–Crippen MR) is 131 cm³/mol. The van der Waals surface area contributed by atoms with Crippen molar-refractivity contribution in [3.63, 3.8) is 0 Å². The molecule has 4 aromatic carbocycles. The van der Waals surface area contributed by atoms with Crippen molar-refractivity contribution < 1.29 is 19.4 Å². The highest BCUT2D eigenvalue weighted by atomic mass is 16.5. The van der Waals surface area contributed by atoms with Gasteiger partial charge in [0.25, 0.3) is 0 Å². The van der Waals surface area contributed by atoms with Crippen LogP contribution in [0.25, 0.3) is 21.9 Å². The van der Waals surface area contributed by atoms with E-state index in [1.54, 1.807) is 0 Å². The van der Waals surface area contributed by atoms with Crippen LogP contribution in [0.3, 0.4) is 0 Å². The molecule has 0 spiro atoms. The van der Waals surface area contributed by atoms with Crippen LogP contribution in [-0.2, 0) is 20.7 Å². The molecule has 0 aromatic heterocycles. The summed E-state index contributed by atoms with van der Waals surface area (Å²) in [6.45, 7) is 0.0671. The van der Waals surface area contributed by atoms with E-state index in [0.29, 0.717) is 0 Å². The fraction of sp³-hybridized carbons (Fsp3) is 0.172. The minimum atomic E-state index is -1.45. The highest BCUT2D eigenvalue weighted by Gasteiger charge is 2.36. The molecular weight excluding hydrogens is 426 g/mol. The Hall–Kier alpha value is -3.96. The number of carboxylic acids is 1. The standard InChI is InChI=1S/C29H25NO4/c30-26(16-19-10-7-9-18-8-1-2-11-20(18)19)27(28(31)32)29(33)34-17-25-23-14-5-3-12-21(23)22-13-4-6-15-24(22)25/h1-15,25-27H,16-17,30H2,(H,31,32)/t26?,27-/m1/s1. The average Bonchev–Trinajstić information content (AvgIpc) is 3.16. The maximum absolute atomic E-state index is 13.0. The number of esters is 1. The first-order valence-electron chi connectivity index (χ1n) is 11.3. The van der Waals surface area contributed by atoms with E-state index < -0.39 is 23.9 Å². The molecule has 4 aromatic rings. The molecule has 0 fully saturated rings. The molecule has 1 aliphatic rings. The van der Waals surface area contributed by atoms with Gasteiger partial charge in [-0.2, -0.15) is 0 Å². The molecule has 34 heavy (non-hydrogen) atoms. The Morgan fingerprint density at radius 3 is 2.09 bits per heavy atom. The number of carbonyl (C=O) groups is 2. The van der Waals surface area contributed by atoms with Gasteiger partial charge in [0.05, 0.1) is 0 Å². The number of fused-ring (bicyclic) bond motifs is 4. The van der Waals surface area contributed by atoms with Crippen LogP contribution in [0, 0.1) is 5.92 Å². The third-order valence-corrected chi connectivity index (χ3v) is 6.64. The van der Waals surface area contributed by atoms with E-state index >= 15 is 0 Å². The third kappa shape index (κ3) is 3.95. The van der Waals surface area contributed by atoms with Crippen molar-refractivity contribution in [3.8, 4) is 11.1 Å². The summed E-state index contributed by atoms with van der Waals surface area (Å²) in [6.07, 6.45) is 0.252. The first-order chi connectivity index (χ1) is 16.5. The average molecular weight is 452 g/mol. The topological polar surface area (TPSA) is 89.6 Å². The summed E-state index contributed by atoms with van der Waals surface area (Å²) >= 11 is 0. The van der Waals surface area contributed by atoms with Crippen molar-refractivity contribution in [1.29, 1.82) is 0 Å². The molecule has 0 saturated carbocycles. The molecule has 0 saturated heterocycles. The zero-order chi connectivity index (χ0) is 23.7. The second kappa shape index (κ2) is 9.12. The van der Waals surface area contributed by atoms with Gasteiger partial charge in [0, 0.05) is 12.0 Å². The van der Waals surface area contributed by atoms with Crippen molar-refractivity contribution in [1.82, 2.24) is 0 Å². The lowest BCUT2D eigenvalue weighted by atomic mass is 9.91. The van der Waals surface area contributed by atoms with Gasteiger partial charge in [-0.15, -0.1) is 0 Å². The molecule has 0 radical (unpaired) electrons. The Bertz CT molecular complexity index is 1330. The van der Waals surface area contributed by atoms with Gasteiger partial charge in [0.15, 0.2) is 5.92 Å². The molecule has 2 atom stereocenters. The maximum atomic E-state index is 13.0. The first kappa shape index (κ1) is 21.9. The summed E-state index contributed by atoms with van der Waals surface area (Å²) < 4.78 is 5.61. The van der Waals surface area contributed by atoms with Crippen LogP contribution in [0.2, 0.25) is 0 Å². The molecule has 3 N–H and O–H groups in total. The van der Waals surface area contributed by atoms with Gasteiger partial charge in [-0.1, -0.05) is 91.0 Å². The number of nitrogens with two attached hydrogens (primary N) is 1.